The van der Waals surface area contributed by atoms with Gasteiger partial charge in [-0.25, -0.2) is 0 Å². The van der Waals surface area contributed by atoms with E-state index in [1.807, 2.05) is 6.92 Å². The summed E-state index contributed by atoms with van der Waals surface area (Å²) in [7, 11) is 1.39. The van der Waals surface area contributed by atoms with E-state index in [1.165, 1.54) is 7.11 Å². The molecule has 0 aromatic carbocycles. The van der Waals surface area contributed by atoms with Gasteiger partial charge in [-0.05, 0) is 33.1 Å². The first-order chi connectivity index (χ1) is 7.04. The molecule has 0 aliphatic carbocycles. The van der Waals surface area contributed by atoms with Crippen molar-refractivity contribution in [2.24, 2.45) is 5.92 Å². The number of aliphatic hydroxyl groups is 1. The maximum Gasteiger partial charge on any atom is 0.311 e. The molecule has 0 aromatic rings. The van der Waals surface area contributed by atoms with Crippen LogP contribution in [0.25, 0.3) is 0 Å². The molecule has 1 rings (SSSR count). The second-order valence-corrected chi connectivity index (χ2v) is 4.27. The summed E-state index contributed by atoms with van der Waals surface area (Å²) in [6.07, 6.45) is 2.11. The topological polar surface area (TPSA) is 55.8 Å². The van der Waals surface area contributed by atoms with Gasteiger partial charge in [0, 0.05) is 0 Å². The SMILES string of the molecule is COC(=O)[C@H](C)[C@H]1CC[C@@H](C[C@H](C)O)O1. The number of carbonyl (C=O) groups is 1. The van der Waals surface area contributed by atoms with Crippen molar-refractivity contribution in [3.05, 3.63) is 0 Å². The van der Waals surface area contributed by atoms with Crippen molar-refractivity contribution in [3.63, 3.8) is 0 Å². The molecule has 0 aromatic heterocycles. The first-order valence-electron chi connectivity index (χ1n) is 5.46. The summed E-state index contributed by atoms with van der Waals surface area (Å²) in [4.78, 5) is 11.3. The highest BCUT2D eigenvalue weighted by Crippen LogP contribution is 2.28. The summed E-state index contributed by atoms with van der Waals surface area (Å²) >= 11 is 0. The molecule has 1 N–H and O–H groups in total. The van der Waals surface area contributed by atoms with E-state index < -0.39 is 0 Å². The van der Waals surface area contributed by atoms with Crippen LogP contribution in [0.15, 0.2) is 0 Å². The van der Waals surface area contributed by atoms with E-state index in [9.17, 15) is 9.90 Å². The van der Waals surface area contributed by atoms with Gasteiger partial charge in [-0.2, -0.15) is 0 Å². The predicted molar refractivity (Wildman–Crippen MR) is 55.4 cm³/mol. The second kappa shape index (κ2) is 5.47. The van der Waals surface area contributed by atoms with Crippen molar-refractivity contribution >= 4 is 5.97 Å². The van der Waals surface area contributed by atoms with Gasteiger partial charge in [0.2, 0.25) is 0 Å². The van der Waals surface area contributed by atoms with E-state index in [2.05, 4.69) is 4.74 Å². The molecular weight excluding hydrogens is 196 g/mol. The zero-order valence-corrected chi connectivity index (χ0v) is 9.60. The van der Waals surface area contributed by atoms with Crippen molar-refractivity contribution in [1.29, 1.82) is 0 Å². The van der Waals surface area contributed by atoms with Gasteiger partial charge in [-0.15, -0.1) is 0 Å². The molecule has 15 heavy (non-hydrogen) atoms. The Labute approximate surface area is 90.6 Å². The van der Waals surface area contributed by atoms with Crippen LogP contribution in [0, 0.1) is 5.92 Å². The molecule has 1 aliphatic heterocycles. The standard InChI is InChI=1S/C11H20O4/c1-7(12)6-9-4-5-10(15-9)8(2)11(13)14-3/h7-10,12H,4-6H2,1-3H3/t7-,8+,9-,10+/m0/s1. The van der Waals surface area contributed by atoms with Crippen LogP contribution in [0.3, 0.4) is 0 Å². The third-order valence-electron chi connectivity index (χ3n) is 2.88. The number of rotatable bonds is 4. The van der Waals surface area contributed by atoms with Gasteiger partial charge < -0.3 is 14.6 Å². The van der Waals surface area contributed by atoms with Crippen molar-refractivity contribution in [3.8, 4) is 0 Å². The average Bonchev–Trinajstić information content (AvgIpc) is 2.63. The Morgan fingerprint density at radius 3 is 2.73 bits per heavy atom. The molecule has 0 bridgehead atoms. The Kier molecular flexibility index (Phi) is 4.54. The van der Waals surface area contributed by atoms with Crippen molar-refractivity contribution in [2.45, 2.75) is 51.4 Å². The monoisotopic (exact) mass is 216 g/mol. The molecule has 88 valence electrons. The fourth-order valence-electron chi connectivity index (χ4n) is 1.99. The van der Waals surface area contributed by atoms with Gasteiger partial charge >= 0.3 is 5.97 Å². The zero-order valence-electron chi connectivity index (χ0n) is 9.60. The lowest BCUT2D eigenvalue weighted by atomic mass is 10.0. The quantitative estimate of drug-likeness (QED) is 0.715. The molecule has 4 nitrogen and oxygen atoms in total. The highest BCUT2D eigenvalue weighted by atomic mass is 16.5. The molecular formula is C11H20O4. The summed E-state index contributed by atoms with van der Waals surface area (Å²) in [5.41, 5.74) is 0. The number of ether oxygens (including phenoxy) is 2. The van der Waals surface area contributed by atoms with Crippen molar-refractivity contribution in [2.75, 3.05) is 7.11 Å². The Morgan fingerprint density at radius 1 is 1.53 bits per heavy atom. The smallest absolute Gasteiger partial charge is 0.311 e. The lowest BCUT2D eigenvalue weighted by molar-refractivity contribution is -0.150. The summed E-state index contributed by atoms with van der Waals surface area (Å²) in [6, 6.07) is 0. The Hall–Kier alpha value is -0.610. The van der Waals surface area contributed by atoms with Gasteiger partial charge in [0.25, 0.3) is 0 Å². The molecule has 0 radical (unpaired) electrons. The minimum absolute atomic E-state index is 0.0544. The first kappa shape index (κ1) is 12.5. The molecule has 4 atom stereocenters. The molecule has 0 spiro atoms. The van der Waals surface area contributed by atoms with E-state index in [0.29, 0.717) is 6.42 Å². The van der Waals surface area contributed by atoms with E-state index >= 15 is 0 Å². The summed E-state index contributed by atoms with van der Waals surface area (Å²) < 4.78 is 10.4. The highest BCUT2D eigenvalue weighted by molar-refractivity contribution is 5.72. The van der Waals surface area contributed by atoms with Crippen LogP contribution in [0.2, 0.25) is 0 Å². The van der Waals surface area contributed by atoms with Crippen molar-refractivity contribution < 1.29 is 19.4 Å². The number of hydrogen-bond donors (Lipinski definition) is 1. The zero-order chi connectivity index (χ0) is 11.4. The molecule has 0 saturated carbocycles. The molecule has 1 saturated heterocycles. The van der Waals surface area contributed by atoms with Crippen LogP contribution < -0.4 is 0 Å². The van der Waals surface area contributed by atoms with Gasteiger partial charge in [-0.3, -0.25) is 4.79 Å². The lowest BCUT2D eigenvalue weighted by Crippen LogP contribution is -2.27. The number of esters is 1. The molecule has 1 fully saturated rings. The predicted octanol–water partition coefficient (Wildman–Crippen LogP) is 1.11. The fraction of sp³-hybridized carbons (Fsp3) is 0.909. The van der Waals surface area contributed by atoms with E-state index in [4.69, 9.17) is 4.74 Å². The molecule has 0 amide bonds. The van der Waals surface area contributed by atoms with Crippen LogP contribution in [-0.4, -0.2) is 36.5 Å². The van der Waals surface area contributed by atoms with Gasteiger partial charge in [-0.1, -0.05) is 0 Å². The average molecular weight is 216 g/mol. The van der Waals surface area contributed by atoms with Crippen molar-refractivity contribution in [1.82, 2.24) is 0 Å². The number of methoxy groups -OCH3 is 1. The third-order valence-corrected chi connectivity index (χ3v) is 2.88. The van der Waals surface area contributed by atoms with Gasteiger partial charge in [0.05, 0.1) is 31.3 Å². The maximum absolute atomic E-state index is 11.3. The molecule has 1 aliphatic rings. The van der Waals surface area contributed by atoms with E-state index in [0.717, 1.165) is 12.8 Å². The molecule has 1 heterocycles. The number of carbonyl (C=O) groups excluding carboxylic acids is 1. The minimum Gasteiger partial charge on any atom is -0.469 e. The second-order valence-electron chi connectivity index (χ2n) is 4.27. The van der Waals surface area contributed by atoms with Crippen LogP contribution in [0.5, 0.6) is 0 Å². The highest BCUT2D eigenvalue weighted by Gasteiger charge is 2.33. The number of aliphatic hydroxyl groups excluding tert-OH is 1. The summed E-state index contributed by atoms with van der Waals surface area (Å²) in [6.45, 7) is 3.57. The van der Waals surface area contributed by atoms with E-state index in [-0.39, 0.29) is 30.2 Å². The van der Waals surface area contributed by atoms with Crippen LogP contribution in [-0.2, 0) is 14.3 Å². The van der Waals surface area contributed by atoms with Crippen LogP contribution >= 0.6 is 0 Å². The van der Waals surface area contributed by atoms with E-state index in [1.54, 1.807) is 6.92 Å². The normalized spacial score (nSPS) is 29.9. The fourth-order valence-corrected chi connectivity index (χ4v) is 1.99. The molecule has 0 unspecified atom stereocenters. The Bertz CT molecular complexity index is 215. The molecule has 4 heteroatoms. The van der Waals surface area contributed by atoms with Gasteiger partial charge in [0.1, 0.15) is 0 Å². The summed E-state index contributed by atoms with van der Waals surface area (Å²) in [5.74, 6) is -0.438. The van der Waals surface area contributed by atoms with Crippen LogP contribution in [0.4, 0.5) is 0 Å². The Balaban J connectivity index is 2.38. The van der Waals surface area contributed by atoms with Crippen LogP contribution in [0.1, 0.15) is 33.1 Å². The largest absolute Gasteiger partial charge is 0.469 e. The lowest BCUT2D eigenvalue weighted by Gasteiger charge is -2.18. The first-order valence-corrected chi connectivity index (χ1v) is 5.46. The maximum atomic E-state index is 11.3. The minimum atomic E-state index is -0.345. The number of hydrogen-bond acceptors (Lipinski definition) is 4. The van der Waals surface area contributed by atoms with Gasteiger partial charge in [0.15, 0.2) is 0 Å². The Morgan fingerprint density at radius 2 is 2.20 bits per heavy atom. The summed E-state index contributed by atoms with van der Waals surface area (Å²) in [5, 5.41) is 9.22. The third kappa shape index (κ3) is 3.47.